The van der Waals surface area contributed by atoms with Crippen LogP contribution in [0.3, 0.4) is 0 Å². The average Bonchev–Trinajstić information content (AvgIpc) is 2.50. The zero-order valence-electron chi connectivity index (χ0n) is 12.3. The van der Waals surface area contributed by atoms with Crippen LogP contribution in [0, 0.1) is 18.8 Å². The maximum Gasteiger partial charge on any atom is 0.0738 e. The third-order valence-electron chi connectivity index (χ3n) is 3.18. The number of halogens is 1. The summed E-state index contributed by atoms with van der Waals surface area (Å²) in [6, 6.07) is 0. The smallest absolute Gasteiger partial charge is 0.0738 e. The Kier molecular flexibility index (Phi) is 6.36. The maximum absolute atomic E-state index is 4.43. The highest BCUT2D eigenvalue weighted by Gasteiger charge is 2.12. The van der Waals surface area contributed by atoms with Crippen LogP contribution in [-0.4, -0.2) is 22.9 Å². The van der Waals surface area contributed by atoms with Crippen LogP contribution in [0.4, 0.5) is 0 Å². The summed E-state index contributed by atoms with van der Waals surface area (Å²) in [5.74, 6) is 1.43. The molecule has 0 saturated heterocycles. The van der Waals surface area contributed by atoms with Crippen molar-refractivity contribution in [1.29, 1.82) is 0 Å². The fourth-order valence-electron chi connectivity index (χ4n) is 2.06. The predicted octanol–water partition coefficient (Wildman–Crippen LogP) is 3.31. The first-order chi connectivity index (χ1) is 8.41. The van der Waals surface area contributed by atoms with Crippen molar-refractivity contribution in [2.45, 2.75) is 40.5 Å². The van der Waals surface area contributed by atoms with E-state index in [0.717, 1.165) is 31.1 Å². The van der Waals surface area contributed by atoms with E-state index in [0.29, 0.717) is 5.92 Å². The molecule has 0 spiro atoms. The Morgan fingerprint density at radius 1 is 1.28 bits per heavy atom. The number of nitrogens with one attached hydrogen (secondary N) is 1. The first-order valence-corrected chi connectivity index (χ1v) is 7.59. The summed E-state index contributed by atoms with van der Waals surface area (Å²) in [4.78, 5) is 0. The van der Waals surface area contributed by atoms with Crippen molar-refractivity contribution in [3.05, 3.63) is 15.9 Å². The Balaban J connectivity index is 2.36. The molecule has 1 aromatic rings. The quantitative estimate of drug-likeness (QED) is 0.836. The second-order valence-corrected chi connectivity index (χ2v) is 6.46. The molecule has 0 bridgehead atoms. The zero-order valence-corrected chi connectivity index (χ0v) is 13.8. The first-order valence-electron chi connectivity index (χ1n) is 6.80. The van der Waals surface area contributed by atoms with Gasteiger partial charge in [0.05, 0.1) is 15.9 Å². The highest BCUT2D eigenvalue weighted by atomic mass is 79.9. The lowest BCUT2D eigenvalue weighted by atomic mass is 10.0. The molecule has 0 radical (unpaired) electrons. The van der Waals surface area contributed by atoms with E-state index in [1.807, 2.05) is 18.7 Å². The van der Waals surface area contributed by atoms with Crippen molar-refractivity contribution >= 4 is 15.9 Å². The van der Waals surface area contributed by atoms with Gasteiger partial charge in [0.25, 0.3) is 0 Å². The molecular weight excluding hydrogens is 290 g/mol. The van der Waals surface area contributed by atoms with Gasteiger partial charge in [-0.2, -0.15) is 5.10 Å². The summed E-state index contributed by atoms with van der Waals surface area (Å²) < 4.78 is 3.17. The van der Waals surface area contributed by atoms with Crippen LogP contribution >= 0.6 is 15.9 Å². The fraction of sp³-hybridized carbons (Fsp3) is 0.786. The van der Waals surface area contributed by atoms with Gasteiger partial charge in [-0.15, -0.1) is 0 Å². The lowest BCUT2D eigenvalue weighted by Gasteiger charge is -2.14. The number of nitrogens with zero attached hydrogens (tertiary/aromatic N) is 2. The molecular formula is C14H26BrN3. The number of hydrogen-bond acceptors (Lipinski definition) is 2. The van der Waals surface area contributed by atoms with Crippen LogP contribution < -0.4 is 5.32 Å². The van der Waals surface area contributed by atoms with Crippen LogP contribution in [0.15, 0.2) is 4.47 Å². The van der Waals surface area contributed by atoms with Gasteiger partial charge in [0.15, 0.2) is 0 Å². The fourth-order valence-corrected chi connectivity index (χ4v) is 2.59. The second kappa shape index (κ2) is 7.29. The van der Waals surface area contributed by atoms with Crippen molar-refractivity contribution in [1.82, 2.24) is 15.1 Å². The molecule has 18 heavy (non-hydrogen) atoms. The van der Waals surface area contributed by atoms with Gasteiger partial charge in [-0.25, -0.2) is 0 Å². The third kappa shape index (κ3) is 4.73. The van der Waals surface area contributed by atoms with Crippen LogP contribution in [0.25, 0.3) is 0 Å². The Bertz CT molecular complexity index is 371. The predicted molar refractivity (Wildman–Crippen MR) is 80.8 cm³/mol. The summed E-state index contributed by atoms with van der Waals surface area (Å²) in [6.45, 7) is 11.1. The molecule has 0 amide bonds. The van der Waals surface area contributed by atoms with Crippen molar-refractivity contribution in [3.8, 4) is 0 Å². The lowest BCUT2D eigenvalue weighted by Crippen LogP contribution is -2.25. The number of hydrogen-bond donors (Lipinski definition) is 1. The number of rotatable bonds is 7. The normalized spacial score (nSPS) is 13.3. The van der Waals surface area contributed by atoms with Crippen LogP contribution in [0.1, 0.15) is 38.6 Å². The third-order valence-corrected chi connectivity index (χ3v) is 4.21. The van der Waals surface area contributed by atoms with E-state index in [-0.39, 0.29) is 0 Å². The Hall–Kier alpha value is -0.350. The Labute approximate surface area is 119 Å². The minimum absolute atomic E-state index is 0.700. The highest BCUT2D eigenvalue weighted by Crippen LogP contribution is 2.22. The molecule has 0 aliphatic rings. The molecule has 1 unspecified atom stereocenters. The highest BCUT2D eigenvalue weighted by molar-refractivity contribution is 9.10. The maximum atomic E-state index is 4.43. The Morgan fingerprint density at radius 2 is 1.94 bits per heavy atom. The van der Waals surface area contributed by atoms with Gasteiger partial charge >= 0.3 is 0 Å². The van der Waals surface area contributed by atoms with Crippen LogP contribution in [0.5, 0.6) is 0 Å². The number of aromatic nitrogens is 2. The van der Waals surface area contributed by atoms with E-state index in [1.54, 1.807) is 0 Å². The van der Waals surface area contributed by atoms with Crippen molar-refractivity contribution in [3.63, 3.8) is 0 Å². The molecule has 0 aromatic carbocycles. The molecule has 104 valence electrons. The molecule has 4 heteroatoms. The van der Waals surface area contributed by atoms with Gasteiger partial charge in [-0.1, -0.05) is 20.8 Å². The molecule has 1 heterocycles. The molecule has 0 fully saturated rings. The van der Waals surface area contributed by atoms with Gasteiger partial charge in [0.2, 0.25) is 0 Å². The van der Waals surface area contributed by atoms with Crippen molar-refractivity contribution in [2.24, 2.45) is 18.9 Å². The molecule has 1 rings (SSSR count). The van der Waals surface area contributed by atoms with E-state index in [4.69, 9.17) is 0 Å². The summed E-state index contributed by atoms with van der Waals surface area (Å²) >= 11 is 3.62. The summed E-state index contributed by atoms with van der Waals surface area (Å²) in [5, 5.41) is 7.95. The van der Waals surface area contributed by atoms with Crippen molar-refractivity contribution < 1.29 is 0 Å². The largest absolute Gasteiger partial charge is 0.316 e. The van der Waals surface area contributed by atoms with Crippen LogP contribution in [-0.2, 0) is 13.5 Å². The molecule has 3 nitrogen and oxygen atoms in total. The molecule has 0 aliphatic heterocycles. The van der Waals surface area contributed by atoms with E-state index in [2.05, 4.69) is 47.1 Å². The lowest BCUT2D eigenvalue weighted by molar-refractivity contribution is 0.449. The molecule has 1 atom stereocenters. The van der Waals surface area contributed by atoms with E-state index in [1.165, 1.54) is 16.6 Å². The van der Waals surface area contributed by atoms with Gasteiger partial charge in [-0.05, 0) is 60.6 Å². The van der Waals surface area contributed by atoms with Gasteiger partial charge in [0.1, 0.15) is 0 Å². The van der Waals surface area contributed by atoms with Crippen LogP contribution in [0.2, 0.25) is 0 Å². The summed E-state index contributed by atoms with van der Waals surface area (Å²) in [7, 11) is 2.02. The van der Waals surface area contributed by atoms with E-state index >= 15 is 0 Å². The second-order valence-electron chi connectivity index (χ2n) is 5.67. The first kappa shape index (κ1) is 15.7. The minimum atomic E-state index is 0.700. The monoisotopic (exact) mass is 315 g/mol. The molecule has 0 saturated carbocycles. The average molecular weight is 316 g/mol. The molecule has 1 N–H and O–H groups in total. The molecule has 1 aromatic heterocycles. The van der Waals surface area contributed by atoms with Crippen molar-refractivity contribution in [2.75, 3.05) is 13.1 Å². The van der Waals surface area contributed by atoms with Gasteiger partial charge < -0.3 is 5.32 Å². The topological polar surface area (TPSA) is 29.9 Å². The van der Waals surface area contributed by atoms with Gasteiger partial charge in [0, 0.05) is 7.05 Å². The Morgan fingerprint density at radius 3 is 2.44 bits per heavy atom. The zero-order chi connectivity index (χ0) is 13.7. The standard InChI is InChI=1S/C14H26BrN3/c1-10(2)8-16-9-11(3)6-7-13-14(15)12(4)17-18(13)5/h10-11,16H,6-9H2,1-5H3. The van der Waals surface area contributed by atoms with E-state index < -0.39 is 0 Å². The minimum Gasteiger partial charge on any atom is -0.316 e. The molecule has 0 aliphatic carbocycles. The van der Waals surface area contributed by atoms with E-state index in [9.17, 15) is 0 Å². The summed E-state index contributed by atoms with van der Waals surface area (Å²) in [5.41, 5.74) is 2.39. The SMILES string of the molecule is Cc1nn(C)c(CCC(C)CNCC(C)C)c1Br. The van der Waals surface area contributed by atoms with Gasteiger partial charge in [-0.3, -0.25) is 4.68 Å². The number of aryl methyl sites for hydroxylation is 2. The summed E-state index contributed by atoms with van der Waals surface area (Å²) in [6.07, 6.45) is 2.28.